The third-order valence-electron chi connectivity index (χ3n) is 0.762. The summed E-state index contributed by atoms with van der Waals surface area (Å²) in [6.45, 7) is 5.21. The van der Waals surface area contributed by atoms with Crippen LogP contribution in [0.15, 0.2) is 12.7 Å². The quantitative estimate of drug-likeness (QED) is 0.569. The molecule has 0 aromatic carbocycles. The summed E-state index contributed by atoms with van der Waals surface area (Å²) < 4.78 is 30.0. The molecule has 0 aliphatic rings. The van der Waals surface area contributed by atoms with Crippen molar-refractivity contribution in [2.45, 2.75) is 13.3 Å². The lowest BCUT2D eigenvalue weighted by Gasteiger charge is -2.01. The largest absolute Gasteiger partial charge is 0.400 e. The molecule has 0 unspecified atom stereocenters. The molecule has 0 radical (unpaired) electrons. The Hall–Kier alpha value is -0.390. The van der Waals surface area contributed by atoms with E-state index in [2.05, 4.69) is 14.9 Å². The summed E-state index contributed by atoms with van der Waals surface area (Å²) in [5.41, 5.74) is 0. The first-order valence-corrected chi connectivity index (χ1v) is 4.60. The molecule has 0 fully saturated rings. The van der Waals surface area contributed by atoms with Crippen LogP contribution in [0.4, 0.5) is 0 Å². The van der Waals surface area contributed by atoms with Crippen LogP contribution in [0.25, 0.3) is 0 Å². The molecule has 0 spiro atoms. The first-order valence-electron chi connectivity index (χ1n) is 3.27. The van der Waals surface area contributed by atoms with Gasteiger partial charge in [-0.2, -0.15) is 8.42 Å². The third-order valence-corrected chi connectivity index (χ3v) is 1.64. The third kappa shape index (κ3) is 6.03. The van der Waals surface area contributed by atoms with Crippen molar-refractivity contribution >= 4 is 10.4 Å². The molecular weight excluding hydrogens is 168 g/mol. The molecule has 0 aliphatic heterocycles. The van der Waals surface area contributed by atoms with Gasteiger partial charge in [-0.3, -0.25) is 0 Å². The monoisotopic (exact) mass is 180 g/mol. The van der Waals surface area contributed by atoms with Gasteiger partial charge < -0.3 is 0 Å². The highest BCUT2D eigenvalue weighted by Crippen LogP contribution is 1.96. The average molecular weight is 180 g/mol. The van der Waals surface area contributed by atoms with Crippen molar-refractivity contribution in [3.05, 3.63) is 12.7 Å². The van der Waals surface area contributed by atoms with Crippen LogP contribution >= 0.6 is 0 Å². The van der Waals surface area contributed by atoms with Crippen molar-refractivity contribution in [1.29, 1.82) is 0 Å². The van der Waals surface area contributed by atoms with Crippen LogP contribution in [-0.2, 0) is 18.8 Å². The summed E-state index contributed by atoms with van der Waals surface area (Å²) in [5, 5.41) is 0. The van der Waals surface area contributed by atoms with Crippen LogP contribution in [0.2, 0.25) is 0 Å². The van der Waals surface area contributed by atoms with Crippen molar-refractivity contribution < 1.29 is 16.8 Å². The summed E-state index contributed by atoms with van der Waals surface area (Å²) in [5.74, 6) is 0. The van der Waals surface area contributed by atoms with E-state index in [0.29, 0.717) is 6.42 Å². The van der Waals surface area contributed by atoms with Crippen LogP contribution in [0.5, 0.6) is 0 Å². The lowest BCUT2D eigenvalue weighted by Crippen LogP contribution is -2.10. The Labute approximate surface area is 67.1 Å². The molecule has 0 atom stereocenters. The topological polar surface area (TPSA) is 52.6 Å². The van der Waals surface area contributed by atoms with Crippen molar-refractivity contribution in [1.82, 2.24) is 0 Å². The molecule has 0 rings (SSSR count). The molecule has 0 aromatic heterocycles. The average Bonchev–Trinajstić information content (AvgIpc) is 1.97. The predicted octanol–water partition coefficient (Wildman–Crippen LogP) is 0.860. The molecular formula is C6H12O4S. The highest BCUT2D eigenvalue weighted by atomic mass is 32.3. The minimum Gasteiger partial charge on any atom is -0.248 e. The van der Waals surface area contributed by atoms with E-state index in [1.165, 1.54) is 6.08 Å². The second kappa shape index (κ2) is 5.29. The van der Waals surface area contributed by atoms with Gasteiger partial charge in [0, 0.05) is 0 Å². The molecule has 0 amide bonds. The minimum absolute atomic E-state index is 0.0496. The van der Waals surface area contributed by atoms with Gasteiger partial charge in [0.05, 0.1) is 13.2 Å². The number of rotatable bonds is 6. The molecule has 66 valence electrons. The fourth-order valence-electron chi connectivity index (χ4n) is 0.351. The van der Waals surface area contributed by atoms with E-state index in [1.807, 2.05) is 6.92 Å². The standard InChI is InChI=1S/C6H12O4S/c1-3-5-9-11(7,8)10-6-4-2/h3H,1,4-6H2,2H3. The van der Waals surface area contributed by atoms with Gasteiger partial charge >= 0.3 is 10.4 Å². The first kappa shape index (κ1) is 10.6. The second-order valence-corrected chi connectivity index (χ2v) is 3.09. The Morgan fingerprint density at radius 2 is 2.09 bits per heavy atom. The summed E-state index contributed by atoms with van der Waals surface area (Å²) in [4.78, 5) is 0. The molecule has 0 heterocycles. The van der Waals surface area contributed by atoms with Crippen LogP contribution in [0, 0.1) is 0 Å². The summed E-state index contributed by atoms with van der Waals surface area (Å²) in [6.07, 6.45) is 1.98. The summed E-state index contributed by atoms with van der Waals surface area (Å²) in [6, 6.07) is 0. The normalized spacial score (nSPS) is 11.4. The van der Waals surface area contributed by atoms with Gasteiger partial charge in [-0.15, -0.1) is 6.58 Å². The molecule has 0 saturated carbocycles. The zero-order valence-electron chi connectivity index (χ0n) is 6.45. The van der Waals surface area contributed by atoms with Crippen LogP contribution in [-0.4, -0.2) is 21.6 Å². The molecule has 0 bridgehead atoms. The van der Waals surface area contributed by atoms with E-state index in [-0.39, 0.29) is 13.2 Å². The van der Waals surface area contributed by atoms with Crippen molar-refractivity contribution in [3.8, 4) is 0 Å². The zero-order chi connectivity index (χ0) is 8.74. The Kier molecular flexibility index (Phi) is 5.10. The van der Waals surface area contributed by atoms with Crippen LogP contribution < -0.4 is 0 Å². The smallest absolute Gasteiger partial charge is 0.248 e. The van der Waals surface area contributed by atoms with Gasteiger partial charge in [-0.05, 0) is 6.42 Å². The highest BCUT2D eigenvalue weighted by Gasteiger charge is 2.08. The second-order valence-electron chi connectivity index (χ2n) is 1.80. The first-order chi connectivity index (χ1) is 5.12. The van der Waals surface area contributed by atoms with E-state index in [4.69, 9.17) is 0 Å². The van der Waals surface area contributed by atoms with Crippen LogP contribution in [0.3, 0.4) is 0 Å². The Balaban J connectivity index is 3.71. The Morgan fingerprint density at radius 1 is 1.45 bits per heavy atom. The lowest BCUT2D eigenvalue weighted by molar-refractivity contribution is 0.230. The summed E-state index contributed by atoms with van der Waals surface area (Å²) in [7, 11) is -3.78. The Bertz CT molecular complexity index is 195. The maximum absolute atomic E-state index is 10.7. The molecule has 0 aliphatic carbocycles. The maximum atomic E-state index is 10.7. The molecule has 0 N–H and O–H groups in total. The molecule has 4 nitrogen and oxygen atoms in total. The molecule has 5 heteroatoms. The van der Waals surface area contributed by atoms with E-state index in [0.717, 1.165) is 0 Å². The van der Waals surface area contributed by atoms with E-state index < -0.39 is 10.4 Å². The van der Waals surface area contributed by atoms with Crippen molar-refractivity contribution in [2.24, 2.45) is 0 Å². The van der Waals surface area contributed by atoms with E-state index in [9.17, 15) is 8.42 Å². The predicted molar refractivity (Wildman–Crippen MR) is 41.3 cm³/mol. The fraction of sp³-hybridized carbons (Fsp3) is 0.667. The van der Waals surface area contributed by atoms with Crippen molar-refractivity contribution in [3.63, 3.8) is 0 Å². The van der Waals surface area contributed by atoms with Crippen LogP contribution in [0.1, 0.15) is 13.3 Å². The minimum atomic E-state index is -3.78. The van der Waals surface area contributed by atoms with Gasteiger partial charge in [0.1, 0.15) is 0 Å². The van der Waals surface area contributed by atoms with Gasteiger partial charge in [-0.25, -0.2) is 8.37 Å². The maximum Gasteiger partial charge on any atom is 0.400 e. The number of hydrogen-bond donors (Lipinski definition) is 0. The van der Waals surface area contributed by atoms with Crippen molar-refractivity contribution in [2.75, 3.05) is 13.2 Å². The van der Waals surface area contributed by atoms with E-state index >= 15 is 0 Å². The molecule has 0 aromatic rings. The fourth-order valence-corrected chi connectivity index (χ4v) is 1.05. The molecule has 0 saturated heterocycles. The zero-order valence-corrected chi connectivity index (χ0v) is 7.26. The lowest BCUT2D eigenvalue weighted by atomic mass is 10.5. The molecule has 11 heavy (non-hydrogen) atoms. The van der Waals surface area contributed by atoms with Gasteiger partial charge in [0.2, 0.25) is 0 Å². The summed E-state index contributed by atoms with van der Waals surface area (Å²) >= 11 is 0. The van der Waals surface area contributed by atoms with Gasteiger partial charge in [0.15, 0.2) is 0 Å². The number of hydrogen-bond acceptors (Lipinski definition) is 4. The SMILES string of the molecule is C=CCOS(=O)(=O)OCCC. The highest BCUT2D eigenvalue weighted by molar-refractivity contribution is 7.81. The van der Waals surface area contributed by atoms with Gasteiger partial charge in [0.25, 0.3) is 0 Å². The van der Waals surface area contributed by atoms with E-state index in [1.54, 1.807) is 0 Å². The van der Waals surface area contributed by atoms with Gasteiger partial charge in [-0.1, -0.05) is 13.0 Å². The Morgan fingerprint density at radius 3 is 2.55 bits per heavy atom.